The highest BCUT2D eigenvalue weighted by atomic mass is 16.5. The zero-order valence-corrected chi connectivity index (χ0v) is 19.7. The van der Waals surface area contributed by atoms with Gasteiger partial charge in [0.25, 0.3) is 5.91 Å². The van der Waals surface area contributed by atoms with Gasteiger partial charge in [-0.3, -0.25) is 9.69 Å². The highest BCUT2D eigenvalue weighted by Gasteiger charge is 2.72. The van der Waals surface area contributed by atoms with Gasteiger partial charge in [0, 0.05) is 19.6 Å². The minimum absolute atomic E-state index is 0.0504. The predicted octanol–water partition coefficient (Wildman–Crippen LogP) is 4.07. The summed E-state index contributed by atoms with van der Waals surface area (Å²) < 4.78 is 5.68. The van der Waals surface area contributed by atoms with E-state index in [2.05, 4.69) is 38.1 Å². The number of likely N-dealkylation sites (N-methyl/N-ethyl adjacent to an activating group) is 1. The third-order valence-electron chi connectivity index (χ3n) is 8.66. The van der Waals surface area contributed by atoms with Gasteiger partial charge in [0.1, 0.15) is 0 Å². The Morgan fingerprint density at radius 1 is 1.12 bits per heavy atom. The fourth-order valence-electron chi connectivity index (χ4n) is 6.74. The van der Waals surface area contributed by atoms with E-state index in [1.165, 1.54) is 4.90 Å². The van der Waals surface area contributed by atoms with Gasteiger partial charge in [-0.1, -0.05) is 38.1 Å². The van der Waals surface area contributed by atoms with Crippen LogP contribution < -0.4 is 5.73 Å². The summed E-state index contributed by atoms with van der Waals surface area (Å²) in [6.45, 7) is 4.50. The molecule has 1 unspecified atom stereocenters. The first-order valence-electron chi connectivity index (χ1n) is 11.5. The van der Waals surface area contributed by atoms with Crippen molar-refractivity contribution in [2.75, 3.05) is 14.2 Å². The highest BCUT2D eigenvalue weighted by Crippen LogP contribution is 2.69. The molecule has 1 saturated carbocycles. The van der Waals surface area contributed by atoms with Crippen LogP contribution in [0.15, 0.2) is 47.5 Å². The molecule has 6 nitrogen and oxygen atoms in total. The SMILES string of the molecule is COC1CCC2(CC1)C(C)(C)c1ccc(-c3cccc(C#N)c3)cc1C21N=C(N)N(C)C1=O. The zero-order valence-electron chi connectivity index (χ0n) is 19.7. The second-order valence-electron chi connectivity index (χ2n) is 10.1. The quantitative estimate of drug-likeness (QED) is 0.759. The number of amides is 1. The molecule has 2 N–H and O–H groups in total. The van der Waals surface area contributed by atoms with Crippen molar-refractivity contribution in [2.24, 2.45) is 16.1 Å². The van der Waals surface area contributed by atoms with Crippen molar-refractivity contribution in [3.8, 4) is 17.2 Å². The lowest BCUT2D eigenvalue weighted by atomic mass is 9.52. The number of ether oxygens (including phenoxy) is 1. The van der Waals surface area contributed by atoms with Crippen LogP contribution in [0.3, 0.4) is 0 Å². The van der Waals surface area contributed by atoms with Gasteiger partial charge in [-0.2, -0.15) is 5.26 Å². The fraction of sp³-hybridized carbons (Fsp3) is 0.444. The number of guanidine groups is 1. The predicted molar refractivity (Wildman–Crippen MR) is 127 cm³/mol. The molecule has 0 bridgehead atoms. The third kappa shape index (κ3) is 2.63. The smallest absolute Gasteiger partial charge is 0.262 e. The van der Waals surface area contributed by atoms with E-state index in [0.717, 1.165) is 47.9 Å². The van der Waals surface area contributed by atoms with Crippen molar-refractivity contribution in [1.29, 1.82) is 5.26 Å². The Kier molecular flexibility index (Phi) is 4.70. The molecule has 5 rings (SSSR count). The largest absolute Gasteiger partial charge is 0.381 e. The Hall–Kier alpha value is -3.17. The normalized spacial score (nSPS) is 29.9. The third-order valence-corrected chi connectivity index (χ3v) is 8.66. The standard InChI is InChI=1S/C27H30N4O2/c1-25(2)21-9-8-19(18-7-5-6-17(14-18)16-28)15-22(21)27(23(32)31(3)24(29)30-27)26(25)12-10-20(33-4)11-13-26/h5-9,14-15,20H,10-13H2,1-4H3,(H2,29,30). The van der Waals surface area contributed by atoms with Crippen molar-refractivity contribution in [3.63, 3.8) is 0 Å². The summed E-state index contributed by atoms with van der Waals surface area (Å²) in [4.78, 5) is 20.5. The molecular formula is C27H30N4O2. The molecule has 0 radical (unpaired) electrons. The average Bonchev–Trinajstić information content (AvgIpc) is 3.16. The summed E-state index contributed by atoms with van der Waals surface area (Å²) in [5.74, 6) is 0.222. The number of methoxy groups -OCH3 is 1. The molecule has 6 heteroatoms. The number of nitriles is 1. The topological polar surface area (TPSA) is 91.7 Å². The number of carbonyl (C=O) groups excluding carboxylic acids is 1. The van der Waals surface area contributed by atoms with Crippen molar-refractivity contribution in [1.82, 2.24) is 4.90 Å². The van der Waals surface area contributed by atoms with Crippen molar-refractivity contribution >= 4 is 11.9 Å². The van der Waals surface area contributed by atoms with Gasteiger partial charge >= 0.3 is 0 Å². The van der Waals surface area contributed by atoms with Crippen LogP contribution in [0.25, 0.3) is 11.1 Å². The number of benzene rings is 2. The van der Waals surface area contributed by atoms with Crippen LogP contribution in [0.2, 0.25) is 0 Å². The van der Waals surface area contributed by atoms with Crippen LogP contribution in [0, 0.1) is 16.7 Å². The van der Waals surface area contributed by atoms with E-state index in [9.17, 15) is 10.1 Å². The van der Waals surface area contributed by atoms with Gasteiger partial charge in [-0.25, -0.2) is 4.99 Å². The van der Waals surface area contributed by atoms with E-state index in [0.29, 0.717) is 5.56 Å². The van der Waals surface area contributed by atoms with E-state index < -0.39 is 11.0 Å². The van der Waals surface area contributed by atoms with Gasteiger partial charge in [0.15, 0.2) is 11.5 Å². The van der Waals surface area contributed by atoms with Crippen LogP contribution in [0.1, 0.15) is 56.2 Å². The monoisotopic (exact) mass is 442 g/mol. The maximum absolute atomic E-state index is 14.0. The van der Waals surface area contributed by atoms with Crippen LogP contribution in [-0.4, -0.2) is 37.0 Å². The molecule has 0 aromatic heterocycles. The van der Waals surface area contributed by atoms with Gasteiger partial charge in [0.2, 0.25) is 0 Å². The molecule has 1 amide bonds. The van der Waals surface area contributed by atoms with Gasteiger partial charge in [0.05, 0.1) is 17.7 Å². The fourth-order valence-corrected chi connectivity index (χ4v) is 6.74. The zero-order chi connectivity index (χ0) is 23.6. The maximum atomic E-state index is 14.0. The number of hydrogen-bond acceptors (Lipinski definition) is 5. The summed E-state index contributed by atoms with van der Waals surface area (Å²) >= 11 is 0. The highest BCUT2D eigenvalue weighted by molar-refractivity contribution is 6.08. The molecule has 2 spiro atoms. The molecule has 1 atom stereocenters. The van der Waals surface area contributed by atoms with E-state index in [-0.39, 0.29) is 23.4 Å². The first-order chi connectivity index (χ1) is 15.7. The Labute approximate surface area is 195 Å². The van der Waals surface area contributed by atoms with Gasteiger partial charge in [-0.05, 0) is 71.6 Å². The average molecular weight is 443 g/mol. The van der Waals surface area contributed by atoms with Crippen LogP contribution in [0.4, 0.5) is 0 Å². The Balaban J connectivity index is 1.76. The number of nitrogens with two attached hydrogens (primary N) is 1. The first kappa shape index (κ1) is 21.7. The Morgan fingerprint density at radius 2 is 1.82 bits per heavy atom. The first-order valence-corrected chi connectivity index (χ1v) is 11.5. The lowest BCUT2D eigenvalue weighted by Crippen LogP contribution is -2.56. The minimum Gasteiger partial charge on any atom is -0.381 e. The van der Waals surface area contributed by atoms with Crippen molar-refractivity contribution in [2.45, 2.75) is 56.6 Å². The van der Waals surface area contributed by atoms with Gasteiger partial charge in [-0.15, -0.1) is 0 Å². The van der Waals surface area contributed by atoms with E-state index in [1.807, 2.05) is 18.2 Å². The molecule has 1 aliphatic heterocycles. The van der Waals surface area contributed by atoms with Gasteiger partial charge < -0.3 is 10.5 Å². The number of nitrogens with zero attached hydrogens (tertiary/aromatic N) is 3. The molecule has 0 saturated heterocycles. The number of rotatable bonds is 2. The molecule has 3 aliphatic rings. The maximum Gasteiger partial charge on any atom is 0.262 e. The van der Waals surface area contributed by atoms with Crippen molar-refractivity contribution in [3.05, 3.63) is 59.2 Å². The lowest BCUT2D eigenvalue weighted by Gasteiger charge is -2.52. The lowest BCUT2D eigenvalue weighted by molar-refractivity contribution is -0.140. The molecule has 1 fully saturated rings. The Morgan fingerprint density at radius 3 is 2.42 bits per heavy atom. The summed E-state index contributed by atoms with van der Waals surface area (Å²) in [6, 6.07) is 16.1. The molecule has 2 aromatic carbocycles. The summed E-state index contributed by atoms with van der Waals surface area (Å²) in [5, 5.41) is 9.36. The number of fused-ring (bicyclic) bond motifs is 3. The van der Waals surface area contributed by atoms with E-state index in [4.69, 9.17) is 15.5 Å². The summed E-state index contributed by atoms with van der Waals surface area (Å²) in [5.41, 5.74) is 9.20. The molecule has 1 heterocycles. The summed E-state index contributed by atoms with van der Waals surface area (Å²) in [7, 11) is 3.48. The molecular weight excluding hydrogens is 412 g/mol. The molecule has 2 aliphatic carbocycles. The van der Waals surface area contributed by atoms with Crippen LogP contribution in [-0.2, 0) is 20.5 Å². The van der Waals surface area contributed by atoms with E-state index in [1.54, 1.807) is 20.2 Å². The Bertz CT molecular complexity index is 1220. The molecule has 170 valence electrons. The molecule has 33 heavy (non-hydrogen) atoms. The van der Waals surface area contributed by atoms with E-state index >= 15 is 0 Å². The van der Waals surface area contributed by atoms with Crippen molar-refractivity contribution < 1.29 is 9.53 Å². The second-order valence-corrected chi connectivity index (χ2v) is 10.1. The van der Waals surface area contributed by atoms with Crippen LogP contribution >= 0.6 is 0 Å². The minimum atomic E-state index is -1.05. The molecule has 2 aromatic rings. The number of aliphatic imine (C=N–C) groups is 1. The summed E-state index contributed by atoms with van der Waals surface area (Å²) in [6.07, 6.45) is 3.65. The van der Waals surface area contributed by atoms with Crippen LogP contribution in [0.5, 0.6) is 0 Å². The number of carbonyl (C=O) groups is 1. The second kappa shape index (κ2) is 7.16. The number of hydrogen-bond donors (Lipinski definition) is 1.